The predicted molar refractivity (Wildman–Crippen MR) is 74.1 cm³/mol. The van der Waals surface area contributed by atoms with E-state index in [0.717, 1.165) is 11.8 Å². The summed E-state index contributed by atoms with van der Waals surface area (Å²) in [6.07, 6.45) is 4.71. The van der Waals surface area contributed by atoms with E-state index >= 15 is 0 Å². The van der Waals surface area contributed by atoms with Crippen molar-refractivity contribution in [3.8, 4) is 0 Å². The Morgan fingerprint density at radius 1 is 1.27 bits per heavy atom. The number of rotatable bonds is 5. The van der Waals surface area contributed by atoms with Crippen molar-refractivity contribution in [1.29, 1.82) is 0 Å². The SMILES string of the molecule is CCC(Cc1ccc(C)cc1)B(C)SC. The Bertz CT molecular complexity index is 281. The van der Waals surface area contributed by atoms with Gasteiger partial charge in [0, 0.05) is 0 Å². The average Bonchev–Trinajstić information content (AvgIpc) is 2.27. The molecular weight excluding hydrogens is 199 g/mol. The Morgan fingerprint density at radius 3 is 2.33 bits per heavy atom. The third kappa shape index (κ3) is 3.94. The van der Waals surface area contributed by atoms with Crippen molar-refractivity contribution < 1.29 is 0 Å². The van der Waals surface area contributed by atoms with Gasteiger partial charge in [-0.3, -0.25) is 0 Å². The van der Waals surface area contributed by atoms with Crippen molar-refractivity contribution in [2.75, 3.05) is 6.26 Å². The maximum absolute atomic E-state index is 2.34. The lowest BCUT2D eigenvalue weighted by Gasteiger charge is -2.18. The first-order chi connectivity index (χ1) is 7.17. The molecular formula is C13H21BS. The van der Waals surface area contributed by atoms with Crippen LogP contribution in [-0.2, 0) is 6.42 Å². The van der Waals surface area contributed by atoms with E-state index in [1.54, 1.807) is 0 Å². The summed E-state index contributed by atoms with van der Waals surface area (Å²) >= 11 is 1.98. The molecule has 0 aliphatic rings. The maximum atomic E-state index is 2.34. The summed E-state index contributed by atoms with van der Waals surface area (Å²) < 4.78 is 0. The van der Waals surface area contributed by atoms with Gasteiger partial charge in [-0.05, 0) is 31.0 Å². The molecule has 0 aliphatic carbocycles. The molecule has 0 amide bonds. The molecule has 0 radical (unpaired) electrons. The Morgan fingerprint density at radius 2 is 1.87 bits per heavy atom. The first-order valence-corrected chi connectivity index (χ1v) is 7.04. The Hall–Kier alpha value is -0.365. The Balaban J connectivity index is 2.62. The molecule has 0 saturated carbocycles. The van der Waals surface area contributed by atoms with E-state index in [4.69, 9.17) is 0 Å². The van der Waals surface area contributed by atoms with Gasteiger partial charge < -0.3 is 0 Å². The van der Waals surface area contributed by atoms with Gasteiger partial charge in [0.05, 0.1) is 0 Å². The smallest absolute Gasteiger partial charge is 0.209 e. The van der Waals surface area contributed by atoms with Crippen LogP contribution in [0.3, 0.4) is 0 Å². The van der Waals surface area contributed by atoms with E-state index in [1.807, 2.05) is 11.6 Å². The largest absolute Gasteiger partial charge is 0.213 e. The zero-order valence-corrected chi connectivity index (χ0v) is 11.1. The molecule has 0 N–H and O–H groups in total. The maximum Gasteiger partial charge on any atom is 0.209 e. The molecule has 0 fully saturated rings. The van der Waals surface area contributed by atoms with Crippen LogP contribution in [0.5, 0.6) is 0 Å². The van der Waals surface area contributed by atoms with Crippen LogP contribution in [0.15, 0.2) is 24.3 Å². The minimum Gasteiger partial charge on any atom is -0.213 e. The van der Waals surface area contributed by atoms with Gasteiger partial charge >= 0.3 is 0 Å². The molecule has 0 bridgehead atoms. The zero-order valence-electron chi connectivity index (χ0n) is 10.3. The number of hydrogen-bond acceptors (Lipinski definition) is 1. The molecule has 0 nitrogen and oxygen atoms in total. The highest BCUT2D eigenvalue weighted by atomic mass is 32.2. The Kier molecular flexibility index (Phi) is 5.31. The first kappa shape index (κ1) is 12.7. The van der Waals surface area contributed by atoms with Gasteiger partial charge in [0.15, 0.2) is 0 Å². The third-order valence-corrected chi connectivity index (χ3v) is 4.31. The van der Waals surface area contributed by atoms with E-state index in [2.05, 4.69) is 51.2 Å². The van der Waals surface area contributed by atoms with E-state index in [0.29, 0.717) is 0 Å². The lowest BCUT2D eigenvalue weighted by molar-refractivity contribution is 0.780. The van der Waals surface area contributed by atoms with Crippen LogP contribution in [0, 0.1) is 6.92 Å². The average molecular weight is 220 g/mol. The second-order valence-corrected chi connectivity index (χ2v) is 5.51. The summed E-state index contributed by atoms with van der Waals surface area (Å²) in [7, 11) is 0. The molecule has 0 aromatic heterocycles. The van der Waals surface area contributed by atoms with Crippen LogP contribution >= 0.6 is 11.6 Å². The quantitative estimate of drug-likeness (QED) is 0.666. The summed E-state index contributed by atoms with van der Waals surface area (Å²) in [5.74, 6) is 1.57. The van der Waals surface area contributed by atoms with Crippen molar-refractivity contribution in [2.24, 2.45) is 0 Å². The molecule has 82 valence electrons. The van der Waals surface area contributed by atoms with Gasteiger partial charge in [-0.2, -0.15) is 0 Å². The second kappa shape index (κ2) is 6.27. The minimum absolute atomic E-state index is 0.760. The number of aryl methyl sites for hydroxylation is 1. The van der Waals surface area contributed by atoms with Gasteiger partial charge in [-0.25, -0.2) is 11.6 Å². The fourth-order valence-corrected chi connectivity index (χ4v) is 2.54. The third-order valence-electron chi connectivity index (χ3n) is 3.18. The van der Waals surface area contributed by atoms with Crippen molar-refractivity contribution in [2.45, 2.75) is 39.3 Å². The molecule has 1 unspecified atom stereocenters. The number of hydrogen-bond donors (Lipinski definition) is 0. The Labute approximate surface area is 98.8 Å². The molecule has 0 spiro atoms. The molecule has 0 saturated heterocycles. The highest BCUT2D eigenvalue weighted by molar-refractivity contribution is 8.25. The summed E-state index contributed by atoms with van der Waals surface area (Å²) in [6, 6.07) is 8.97. The highest BCUT2D eigenvalue weighted by Gasteiger charge is 2.18. The first-order valence-electron chi connectivity index (χ1n) is 5.75. The normalized spacial score (nSPS) is 12.5. The van der Waals surface area contributed by atoms with Crippen molar-refractivity contribution in [3.63, 3.8) is 0 Å². The molecule has 0 heterocycles. The topological polar surface area (TPSA) is 0 Å². The number of benzene rings is 1. The molecule has 2 heteroatoms. The van der Waals surface area contributed by atoms with E-state index in [-0.39, 0.29) is 0 Å². The lowest BCUT2D eigenvalue weighted by atomic mass is 9.61. The monoisotopic (exact) mass is 220 g/mol. The molecule has 0 aliphatic heterocycles. The summed E-state index contributed by atoms with van der Waals surface area (Å²) in [6.45, 7) is 6.78. The van der Waals surface area contributed by atoms with Gasteiger partial charge in [-0.1, -0.05) is 50.0 Å². The van der Waals surface area contributed by atoms with Crippen LogP contribution in [0.4, 0.5) is 0 Å². The van der Waals surface area contributed by atoms with Gasteiger partial charge in [-0.15, -0.1) is 0 Å². The molecule has 1 aromatic rings. The lowest BCUT2D eigenvalue weighted by Crippen LogP contribution is -2.14. The van der Waals surface area contributed by atoms with E-state index in [1.165, 1.54) is 24.0 Å². The van der Waals surface area contributed by atoms with Gasteiger partial charge in [0.25, 0.3) is 0 Å². The predicted octanol–water partition coefficient (Wildman–Crippen LogP) is 4.30. The fraction of sp³-hybridized carbons (Fsp3) is 0.538. The highest BCUT2D eigenvalue weighted by Crippen LogP contribution is 2.26. The van der Waals surface area contributed by atoms with Gasteiger partial charge in [0.1, 0.15) is 0 Å². The molecule has 1 aromatic carbocycles. The van der Waals surface area contributed by atoms with E-state index in [9.17, 15) is 0 Å². The zero-order chi connectivity index (χ0) is 11.3. The molecule has 1 atom stereocenters. The summed E-state index contributed by atoms with van der Waals surface area (Å²) in [5.41, 5.74) is 2.83. The summed E-state index contributed by atoms with van der Waals surface area (Å²) in [5, 5.41) is 0. The minimum atomic E-state index is 0.760. The van der Waals surface area contributed by atoms with Crippen molar-refractivity contribution in [3.05, 3.63) is 35.4 Å². The fourth-order valence-electron chi connectivity index (χ4n) is 1.86. The van der Waals surface area contributed by atoms with Crippen molar-refractivity contribution in [1.82, 2.24) is 0 Å². The van der Waals surface area contributed by atoms with Crippen LogP contribution in [0.2, 0.25) is 12.6 Å². The molecule has 15 heavy (non-hydrogen) atoms. The van der Waals surface area contributed by atoms with Crippen LogP contribution < -0.4 is 0 Å². The van der Waals surface area contributed by atoms with E-state index < -0.39 is 0 Å². The standard InChI is InChI=1S/C13H21BS/c1-5-13(14(3)15-4)10-12-8-6-11(2)7-9-12/h6-9,13H,5,10H2,1-4H3. The molecule has 1 rings (SSSR count). The van der Waals surface area contributed by atoms with Crippen LogP contribution in [0.25, 0.3) is 0 Å². The second-order valence-electron chi connectivity index (χ2n) is 4.30. The van der Waals surface area contributed by atoms with Crippen LogP contribution in [-0.4, -0.2) is 12.2 Å². The summed E-state index contributed by atoms with van der Waals surface area (Å²) in [4.78, 5) is 0. The van der Waals surface area contributed by atoms with Crippen molar-refractivity contribution >= 4 is 17.6 Å². The van der Waals surface area contributed by atoms with Crippen LogP contribution in [0.1, 0.15) is 24.5 Å². The van der Waals surface area contributed by atoms with Gasteiger partial charge in [0.2, 0.25) is 5.99 Å².